The van der Waals surface area contributed by atoms with Crippen molar-refractivity contribution in [2.24, 2.45) is 0 Å². The molecule has 0 aliphatic heterocycles. The summed E-state index contributed by atoms with van der Waals surface area (Å²) in [6.45, 7) is 14.0. The number of nitrogens with zero attached hydrogens (tertiary/aromatic N) is 1. The van der Waals surface area contributed by atoms with Crippen LogP contribution in [0.15, 0.2) is 42.5 Å². The van der Waals surface area contributed by atoms with Gasteiger partial charge in [0.1, 0.15) is 22.8 Å². The lowest BCUT2D eigenvalue weighted by atomic mass is 9.76. The number of benzene rings is 3. The molecule has 2 unspecified atom stereocenters. The Balaban J connectivity index is 1.32. The van der Waals surface area contributed by atoms with Crippen LogP contribution in [0.3, 0.4) is 0 Å². The quantitative estimate of drug-likeness (QED) is 0.0745. The van der Waals surface area contributed by atoms with Crippen LogP contribution >= 0.6 is 0 Å². The molecule has 1 amide bonds. The second kappa shape index (κ2) is 12.9. The Hall–Kier alpha value is -4.27. The van der Waals surface area contributed by atoms with E-state index in [1.54, 1.807) is 0 Å². The normalized spacial score (nSPS) is 17.1. The number of ether oxygens (including phenoxy) is 2. The van der Waals surface area contributed by atoms with Crippen molar-refractivity contribution < 1.29 is 29.4 Å². The number of carbonyl (C=O) groups excluding carboxylic acids is 1. The van der Waals surface area contributed by atoms with Crippen LogP contribution in [0.2, 0.25) is 0 Å². The first-order valence-electron chi connectivity index (χ1n) is 16.4. The number of amides is 1. The summed E-state index contributed by atoms with van der Waals surface area (Å²) in [5.41, 5.74) is 3.44. The molecule has 9 nitrogen and oxygen atoms in total. The largest absolute Gasteiger partial charge is 0.507 e. The predicted octanol–water partition coefficient (Wildman–Crippen LogP) is 8.74. The molecule has 3 aromatic rings. The molecule has 2 bridgehead atoms. The van der Waals surface area contributed by atoms with E-state index in [0.717, 1.165) is 37.9 Å². The summed E-state index contributed by atoms with van der Waals surface area (Å²) in [5, 5.41) is 36.8. The summed E-state index contributed by atoms with van der Waals surface area (Å²) in [7, 11) is 0. The number of hydrogen-bond acceptors (Lipinski definition) is 7. The number of nitro groups is 1. The molecule has 1 fully saturated rings. The van der Waals surface area contributed by atoms with E-state index in [0.29, 0.717) is 24.2 Å². The highest BCUT2D eigenvalue weighted by atomic mass is 16.6. The van der Waals surface area contributed by atoms with Crippen LogP contribution in [0.5, 0.6) is 28.7 Å². The third-order valence-electron chi connectivity index (χ3n) is 10.3. The molecule has 0 spiro atoms. The SMILES string of the molecule is CCC(C)(C)c1ccc(OCCCNC(=O)c2c(O)c3c(c(O)c2Oc2ccc([N+](=O)[O-])cc2)C2CCC3C2)c(C(C)(C)CC)c1. The zero-order valence-electron chi connectivity index (χ0n) is 27.7. The third-order valence-corrected chi connectivity index (χ3v) is 10.3. The lowest BCUT2D eigenvalue weighted by Gasteiger charge is -2.30. The number of rotatable bonds is 13. The summed E-state index contributed by atoms with van der Waals surface area (Å²) in [6, 6.07) is 11.8. The lowest BCUT2D eigenvalue weighted by molar-refractivity contribution is -0.384. The molecule has 46 heavy (non-hydrogen) atoms. The molecular weight excluding hydrogens is 584 g/mol. The number of phenolic OH excluding ortho intramolecular Hbond substituents is 2. The maximum absolute atomic E-state index is 13.6. The summed E-state index contributed by atoms with van der Waals surface area (Å²) in [5.74, 6) is 0.148. The zero-order valence-corrected chi connectivity index (χ0v) is 27.7. The first-order valence-corrected chi connectivity index (χ1v) is 16.4. The Labute approximate surface area is 271 Å². The Morgan fingerprint density at radius 1 is 0.957 bits per heavy atom. The van der Waals surface area contributed by atoms with Gasteiger partial charge in [-0.25, -0.2) is 0 Å². The van der Waals surface area contributed by atoms with Crippen LogP contribution in [0.25, 0.3) is 0 Å². The van der Waals surface area contributed by atoms with Gasteiger partial charge < -0.3 is 25.0 Å². The van der Waals surface area contributed by atoms with Crippen molar-refractivity contribution in [1.82, 2.24) is 5.32 Å². The van der Waals surface area contributed by atoms with Crippen molar-refractivity contribution in [3.05, 3.63) is 80.4 Å². The van der Waals surface area contributed by atoms with Gasteiger partial charge in [0.05, 0.1) is 11.5 Å². The van der Waals surface area contributed by atoms with Crippen molar-refractivity contribution in [1.29, 1.82) is 0 Å². The average molecular weight is 631 g/mol. The molecule has 246 valence electrons. The Morgan fingerprint density at radius 2 is 1.59 bits per heavy atom. The second-order valence-electron chi connectivity index (χ2n) is 13.9. The minimum Gasteiger partial charge on any atom is -0.507 e. The molecule has 0 heterocycles. The third kappa shape index (κ3) is 6.24. The summed E-state index contributed by atoms with van der Waals surface area (Å²) < 4.78 is 12.2. The van der Waals surface area contributed by atoms with Crippen LogP contribution in [0.1, 0.15) is 125 Å². The number of nitro benzene ring substituents is 1. The standard InChI is InChI=1S/C37H46N2O7/c1-7-36(3,4)24-12-17-28(27(21-24)37(5,6)8-2)45-19-9-18-38-35(42)31-32(40)29-22-10-11-23(20-22)30(29)33(41)34(31)46-26-15-13-25(14-16-26)39(43)44/h12-17,21-23,40-41H,7-11,18-20H2,1-6H3,(H,38,42). The number of fused-ring (bicyclic) bond motifs is 5. The van der Waals surface area contributed by atoms with E-state index in [1.165, 1.54) is 35.4 Å². The van der Waals surface area contributed by atoms with Crippen molar-refractivity contribution in [2.75, 3.05) is 13.2 Å². The van der Waals surface area contributed by atoms with Crippen molar-refractivity contribution in [2.45, 2.75) is 103 Å². The molecule has 3 aromatic carbocycles. The average Bonchev–Trinajstić information content (AvgIpc) is 3.66. The minimum atomic E-state index is -0.575. The number of phenols is 2. The monoisotopic (exact) mass is 630 g/mol. The van der Waals surface area contributed by atoms with E-state index in [1.807, 2.05) is 0 Å². The van der Waals surface area contributed by atoms with Gasteiger partial charge in [-0.2, -0.15) is 0 Å². The number of non-ortho nitro benzene ring substituents is 1. The van der Waals surface area contributed by atoms with E-state index in [2.05, 4.69) is 65.1 Å². The molecule has 3 N–H and O–H groups in total. The molecule has 0 saturated heterocycles. The fourth-order valence-electron chi connectivity index (χ4n) is 6.68. The van der Waals surface area contributed by atoms with Gasteiger partial charge in [0.15, 0.2) is 11.5 Å². The topological polar surface area (TPSA) is 131 Å². The minimum absolute atomic E-state index is 0.0551. The van der Waals surface area contributed by atoms with Crippen LogP contribution in [-0.2, 0) is 10.8 Å². The summed E-state index contributed by atoms with van der Waals surface area (Å²) >= 11 is 0. The van der Waals surface area contributed by atoms with Crippen molar-refractivity contribution >= 4 is 11.6 Å². The fraction of sp³-hybridized carbons (Fsp3) is 0.486. The highest BCUT2D eigenvalue weighted by Gasteiger charge is 2.44. The molecule has 0 aromatic heterocycles. The Bertz CT molecular complexity index is 1630. The Kier molecular flexibility index (Phi) is 9.25. The van der Waals surface area contributed by atoms with Crippen LogP contribution in [-0.4, -0.2) is 34.2 Å². The summed E-state index contributed by atoms with van der Waals surface area (Å²) in [6.07, 6.45) is 5.09. The second-order valence-corrected chi connectivity index (χ2v) is 13.9. The van der Waals surface area contributed by atoms with Crippen LogP contribution < -0.4 is 14.8 Å². The van der Waals surface area contributed by atoms with Crippen LogP contribution in [0.4, 0.5) is 5.69 Å². The predicted molar refractivity (Wildman–Crippen MR) is 178 cm³/mol. The smallest absolute Gasteiger partial charge is 0.269 e. The summed E-state index contributed by atoms with van der Waals surface area (Å²) in [4.78, 5) is 24.2. The number of carbonyl (C=O) groups is 1. The van der Waals surface area contributed by atoms with E-state index in [-0.39, 0.29) is 63.5 Å². The van der Waals surface area contributed by atoms with Gasteiger partial charge in [-0.05, 0) is 85.0 Å². The van der Waals surface area contributed by atoms with E-state index >= 15 is 0 Å². The molecule has 2 aliphatic carbocycles. The van der Waals surface area contributed by atoms with Gasteiger partial charge in [-0.1, -0.05) is 53.7 Å². The molecular formula is C37H46N2O7. The molecule has 2 aliphatic rings. The number of aromatic hydroxyl groups is 2. The fourth-order valence-corrected chi connectivity index (χ4v) is 6.68. The van der Waals surface area contributed by atoms with Gasteiger partial charge in [0.25, 0.3) is 11.6 Å². The maximum Gasteiger partial charge on any atom is 0.269 e. The Morgan fingerprint density at radius 3 is 2.20 bits per heavy atom. The first-order chi connectivity index (χ1) is 21.8. The van der Waals surface area contributed by atoms with E-state index in [4.69, 9.17) is 9.47 Å². The van der Waals surface area contributed by atoms with Gasteiger partial charge in [-0.3, -0.25) is 14.9 Å². The van der Waals surface area contributed by atoms with Crippen molar-refractivity contribution in [3.8, 4) is 28.7 Å². The first kappa shape index (κ1) is 33.1. The highest BCUT2D eigenvalue weighted by molar-refractivity contribution is 6.02. The van der Waals surface area contributed by atoms with Crippen molar-refractivity contribution in [3.63, 3.8) is 0 Å². The van der Waals surface area contributed by atoms with E-state index < -0.39 is 10.8 Å². The van der Waals surface area contributed by atoms with Gasteiger partial charge in [-0.15, -0.1) is 0 Å². The molecule has 1 saturated carbocycles. The van der Waals surface area contributed by atoms with Gasteiger partial charge >= 0.3 is 0 Å². The zero-order chi connectivity index (χ0) is 33.4. The van der Waals surface area contributed by atoms with E-state index in [9.17, 15) is 25.1 Å². The lowest BCUT2D eigenvalue weighted by Crippen LogP contribution is -2.27. The number of hydrogen-bond donors (Lipinski definition) is 3. The van der Waals surface area contributed by atoms with Crippen LogP contribution in [0, 0.1) is 10.1 Å². The maximum atomic E-state index is 13.6. The van der Waals surface area contributed by atoms with Gasteiger partial charge in [0.2, 0.25) is 0 Å². The number of nitrogens with one attached hydrogen (secondary N) is 1. The van der Waals surface area contributed by atoms with Gasteiger partial charge in [0, 0.05) is 35.4 Å². The molecule has 9 heteroatoms. The molecule has 2 atom stereocenters. The highest BCUT2D eigenvalue weighted by Crippen LogP contribution is 2.62. The molecule has 0 radical (unpaired) electrons. The molecule has 5 rings (SSSR count).